The molecule has 1 saturated carbocycles. The van der Waals surface area contributed by atoms with Crippen molar-refractivity contribution in [3.05, 3.63) is 22.7 Å². The van der Waals surface area contributed by atoms with Gasteiger partial charge in [-0.15, -0.1) is 0 Å². The fourth-order valence-electron chi connectivity index (χ4n) is 2.39. The van der Waals surface area contributed by atoms with E-state index in [1.807, 2.05) is 12.1 Å². The van der Waals surface area contributed by atoms with Gasteiger partial charge in [0.05, 0.1) is 0 Å². The molecule has 1 unspecified atom stereocenters. The first-order chi connectivity index (χ1) is 8.25. The van der Waals surface area contributed by atoms with Gasteiger partial charge < -0.3 is 15.2 Å². The van der Waals surface area contributed by atoms with Crippen molar-refractivity contribution < 1.29 is 9.47 Å². The van der Waals surface area contributed by atoms with Gasteiger partial charge >= 0.3 is 0 Å². The van der Waals surface area contributed by atoms with Crippen molar-refractivity contribution in [2.75, 3.05) is 13.2 Å². The van der Waals surface area contributed by atoms with Gasteiger partial charge in [0, 0.05) is 17.1 Å². The lowest BCUT2D eigenvalue weighted by molar-refractivity contribution is 0.171. The molecule has 4 heteroatoms. The van der Waals surface area contributed by atoms with E-state index in [1.54, 1.807) is 0 Å². The smallest absolute Gasteiger partial charge is 0.162 e. The van der Waals surface area contributed by atoms with Crippen LogP contribution >= 0.6 is 11.6 Å². The highest BCUT2D eigenvalue weighted by molar-refractivity contribution is 6.31. The molecule has 0 spiro atoms. The number of ether oxygens (including phenoxy) is 2. The molecular weight excluding hydrogens is 238 g/mol. The highest BCUT2D eigenvalue weighted by atomic mass is 35.5. The molecule has 1 aliphatic heterocycles. The molecule has 0 bridgehead atoms. The normalized spacial score (nSPS) is 20.8. The summed E-state index contributed by atoms with van der Waals surface area (Å²) in [5, 5.41) is 0.689. The predicted octanol–water partition coefficient (Wildman–Crippen LogP) is 2.91. The summed E-state index contributed by atoms with van der Waals surface area (Å²) in [5.74, 6) is 2.06. The Labute approximate surface area is 106 Å². The first kappa shape index (κ1) is 11.2. The number of benzene rings is 1. The Hall–Kier alpha value is -0.930. The molecule has 3 nitrogen and oxygen atoms in total. The number of nitrogens with two attached hydrogens (primary N) is 1. The third-order valence-corrected chi connectivity index (χ3v) is 4.01. The van der Waals surface area contributed by atoms with E-state index in [9.17, 15) is 0 Å². The Kier molecular flexibility index (Phi) is 2.89. The van der Waals surface area contributed by atoms with Crippen LogP contribution in [0.3, 0.4) is 0 Å². The average molecular weight is 254 g/mol. The van der Waals surface area contributed by atoms with Gasteiger partial charge in [-0.2, -0.15) is 0 Å². The summed E-state index contributed by atoms with van der Waals surface area (Å²) < 4.78 is 11.1. The van der Waals surface area contributed by atoms with Gasteiger partial charge in [0.1, 0.15) is 13.2 Å². The summed E-state index contributed by atoms with van der Waals surface area (Å²) in [4.78, 5) is 0. The summed E-state index contributed by atoms with van der Waals surface area (Å²) in [6.07, 6.45) is 3.68. The van der Waals surface area contributed by atoms with Crippen LogP contribution in [-0.2, 0) is 0 Å². The van der Waals surface area contributed by atoms with Gasteiger partial charge in [-0.05, 0) is 30.4 Å². The zero-order valence-corrected chi connectivity index (χ0v) is 10.4. The lowest BCUT2D eigenvalue weighted by atomic mass is 9.77. The molecule has 1 aliphatic carbocycles. The van der Waals surface area contributed by atoms with Crippen LogP contribution in [0.5, 0.6) is 11.5 Å². The number of hydrogen-bond acceptors (Lipinski definition) is 3. The van der Waals surface area contributed by atoms with Crippen molar-refractivity contribution >= 4 is 11.6 Å². The number of halogens is 1. The molecule has 17 heavy (non-hydrogen) atoms. The van der Waals surface area contributed by atoms with E-state index in [0.717, 1.165) is 17.1 Å². The molecular formula is C13H16ClNO2. The van der Waals surface area contributed by atoms with Crippen LogP contribution in [0.25, 0.3) is 0 Å². The van der Waals surface area contributed by atoms with Crippen LogP contribution in [0.15, 0.2) is 12.1 Å². The van der Waals surface area contributed by atoms with Crippen LogP contribution < -0.4 is 15.2 Å². The van der Waals surface area contributed by atoms with Crippen LogP contribution in [0.1, 0.15) is 30.9 Å². The van der Waals surface area contributed by atoms with E-state index >= 15 is 0 Å². The second-order valence-corrected chi connectivity index (χ2v) is 5.14. The molecule has 0 radical (unpaired) electrons. The van der Waals surface area contributed by atoms with E-state index in [0.29, 0.717) is 24.2 Å². The van der Waals surface area contributed by atoms with E-state index < -0.39 is 0 Å². The number of rotatable bonds is 2. The van der Waals surface area contributed by atoms with Gasteiger partial charge in [-0.25, -0.2) is 0 Å². The molecule has 1 atom stereocenters. The van der Waals surface area contributed by atoms with Crippen LogP contribution in [-0.4, -0.2) is 13.2 Å². The van der Waals surface area contributed by atoms with Gasteiger partial charge in [0.15, 0.2) is 11.5 Å². The molecule has 2 N–H and O–H groups in total. The fraction of sp³-hybridized carbons (Fsp3) is 0.538. The SMILES string of the molecule is NC(c1cc2c(cc1Cl)OCCO2)C1CCC1. The Morgan fingerprint density at radius 3 is 2.41 bits per heavy atom. The van der Waals surface area contributed by atoms with Gasteiger partial charge in [0.25, 0.3) is 0 Å². The maximum atomic E-state index is 6.27. The standard InChI is InChI=1S/C13H16ClNO2/c14-10-7-12-11(16-4-5-17-12)6-9(10)13(15)8-2-1-3-8/h6-8,13H,1-5,15H2. The molecule has 0 saturated heterocycles. The first-order valence-corrected chi connectivity index (χ1v) is 6.48. The zero-order valence-electron chi connectivity index (χ0n) is 9.62. The lowest BCUT2D eigenvalue weighted by Gasteiger charge is -2.32. The zero-order chi connectivity index (χ0) is 11.8. The number of hydrogen-bond donors (Lipinski definition) is 1. The molecule has 3 rings (SSSR count). The molecule has 0 aromatic heterocycles. The monoisotopic (exact) mass is 253 g/mol. The second kappa shape index (κ2) is 4.39. The second-order valence-electron chi connectivity index (χ2n) is 4.73. The van der Waals surface area contributed by atoms with Gasteiger partial charge in [-0.3, -0.25) is 0 Å². The first-order valence-electron chi connectivity index (χ1n) is 6.10. The third-order valence-electron chi connectivity index (χ3n) is 3.68. The predicted molar refractivity (Wildman–Crippen MR) is 66.7 cm³/mol. The quantitative estimate of drug-likeness (QED) is 0.881. The summed E-state index contributed by atoms with van der Waals surface area (Å²) >= 11 is 6.27. The molecule has 1 aromatic carbocycles. The molecule has 1 fully saturated rings. The maximum absolute atomic E-state index is 6.27. The highest BCUT2D eigenvalue weighted by Crippen LogP contribution is 2.42. The fourth-order valence-corrected chi connectivity index (χ4v) is 2.67. The van der Waals surface area contributed by atoms with E-state index in [4.69, 9.17) is 26.8 Å². The van der Waals surface area contributed by atoms with E-state index in [2.05, 4.69) is 0 Å². The highest BCUT2D eigenvalue weighted by Gasteiger charge is 2.28. The minimum absolute atomic E-state index is 0.0204. The Bertz CT molecular complexity index is 432. The van der Waals surface area contributed by atoms with Crippen molar-refractivity contribution in [2.45, 2.75) is 25.3 Å². The summed E-state index contributed by atoms with van der Waals surface area (Å²) in [7, 11) is 0. The van der Waals surface area contributed by atoms with Gasteiger partial charge in [0.2, 0.25) is 0 Å². The maximum Gasteiger partial charge on any atom is 0.162 e. The largest absolute Gasteiger partial charge is 0.486 e. The van der Waals surface area contributed by atoms with E-state index in [1.165, 1.54) is 19.3 Å². The van der Waals surface area contributed by atoms with Crippen LogP contribution in [0, 0.1) is 5.92 Å². The number of fused-ring (bicyclic) bond motifs is 1. The Balaban J connectivity index is 1.92. The summed E-state index contributed by atoms with van der Waals surface area (Å²) in [6.45, 7) is 1.17. The average Bonchev–Trinajstić information content (AvgIpc) is 2.25. The van der Waals surface area contributed by atoms with Crippen molar-refractivity contribution in [2.24, 2.45) is 11.7 Å². The van der Waals surface area contributed by atoms with Gasteiger partial charge in [-0.1, -0.05) is 18.0 Å². The molecule has 1 aromatic rings. The van der Waals surface area contributed by atoms with Crippen molar-refractivity contribution in [3.63, 3.8) is 0 Å². The van der Waals surface area contributed by atoms with Crippen molar-refractivity contribution in [3.8, 4) is 11.5 Å². The Morgan fingerprint density at radius 1 is 1.18 bits per heavy atom. The molecule has 2 aliphatic rings. The lowest BCUT2D eigenvalue weighted by Crippen LogP contribution is -2.27. The van der Waals surface area contributed by atoms with E-state index in [-0.39, 0.29) is 6.04 Å². The molecule has 0 amide bonds. The minimum Gasteiger partial charge on any atom is -0.486 e. The Morgan fingerprint density at radius 2 is 1.82 bits per heavy atom. The topological polar surface area (TPSA) is 44.5 Å². The molecule has 1 heterocycles. The van der Waals surface area contributed by atoms with Crippen molar-refractivity contribution in [1.82, 2.24) is 0 Å². The molecule has 92 valence electrons. The summed E-state index contributed by atoms with van der Waals surface area (Å²) in [6, 6.07) is 3.79. The van der Waals surface area contributed by atoms with Crippen LogP contribution in [0.4, 0.5) is 0 Å². The van der Waals surface area contributed by atoms with Crippen LogP contribution in [0.2, 0.25) is 5.02 Å². The third kappa shape index (κ3) is 1.98. The minimum atomic E-state index is 0.0204. The summed E-state index contributed by atoms with van der Waals surface area (Å²) in [5.41, 5.74) is 7.24. The van der Waals surface area contributed by atoms with Crippen molar-refractivity contribution in [1.29, 1.82) is 0 Å².